The number of carbonyl (C=O) groups is 1. The summed E-state index contributed by atoms with van der Waals surface area (Å²) in [5.74, 6) is 0.859. The summed E-state index contributed by atoms with van der Waals surface area (Å²) in [5, 5.41) is 3.00. The molecule has 1 amide bonds. The number of amides is 1. The van der Waals surface area contributed by atoms with E-state index in [2.05, 4.69) is 20.2 Å². The van der Waals surface area contributed by atoms with Crippen molar-refractivity contribution in [3.8, 4) is 0 Å². The Morgan fingerprint density at radius 2 is 1.96 bits per heavy atom. The zero-order valence-electron chi connectivity index (χ0n) is 13.4. The molecule has 24 heavy (non-hydrogen) atoms. The van der Waals surface area contributed by atoms with Crippen molar-refractivity contribution in [1.29, 1.82) is 0 Å². The second-order valence-electron chi connectivity index (χ2n) is 5.94. The van der Waals surface area contributed by atoms with Gasteiger partial charge in [-0.2, -0.15) is 0 Å². The van der Waals surface area contributed by atoms with Crippen molar-refractivity contribution in [2.75, 3.05) is 18.0 Å². The average molecular weight is 321 g/mol. The molecule has 1 fully saturated rings. The molecule has 1 aliphatic rings. The molecule has 1 saturated heterocycles. The summed E-state index contributed by atoms with van der Waals surface area (Å²) < 4.78 is 1.84. The number of nitrogens with zero attached hydrogens (tertiary/aromatic N) is 4. The maximum atomic E-state index is 12.6. The smallest absolute Gasteiger partial charge is 0.255 e. The van der Waals surface area contributed by atoms with E-state index < -0.39 is 0 Å². The number of aromatic nitrogens is 3. The van der Waals surface area contributed by atoms with Crippen LogP contribution in [0, 0.1) is 0 Å². The van der Waals surface area contributed by atoms with Crippen LogP contribution in [0.25, 0.3) is 5.65 Å². The molecule has 122 valence electrons. The molecule has 0 radical (unpaired) electrons. The first-order chi connectivity index (χ1) is 11.8. The quantitative estimate of drug-likeness (QED) is 0.801. The molecule has 3 aromatic rings. The highest BCUT2D eigenvalue weighted by atomic mass is 16.1. The standard InChI is InChI=1S/C18H19N5O/c24-18(15-6-4-11-23-12-8-20-17(15)23)21-13-14-5-3-7-19-16(14)22-9-1-2-10-22/h3-8,11-12H,1-2,9-10,13H2,(H,21,24). The van der Waals surface area contributed by atoms with Crippen LogP contribution >= 0.6 is 0 Å². The summed E-state index contributed by atoms with van der Waals surface area (Å²) >= 11 is 0. The van der Waals surface area contributed by atoms with Crippen LogP contribution < -0.4 is 10.2 Å². The average Bonchev–Trinajstić information content (AvgIpc) is 3.30. The van der Waals surface area contributed by atoms with Gasteiger partial charge < -0.3 is 14.6 Å². The zero-order chi connectivity index (χ0) is 16.4. The molecular weight excluding hydrogens is 302 g/mol. The van der Waals surface area contributed by atoms with Crippen LogP contribution in [0.5, 0.6) is 0 Å². The first kappa shape index (κ1) is 14.7. The van der Waals surface area contributed by atoms with Crippen LogP contribution in [-0.4, -0.2) is 33.4 Å². The number of hydrogen-bond donors (Lipinski definition) is 1. The minimum absolute atomic E-state index is 0.122. The third-order valence-corrected chi connectivity index (χ3v) is 4.38. The molecule has 0 unspecified atom stereocenters. The lowest BCUT2D eigenvalue weighted by molar-refractivity contribution is 0.0952. The van der Waals surface area contributed by atoms with Gasteiger partial charge >= 0.3 is 0 Å². The van der Waals surface area contributed by atoms with E-state index in [0.717, 1.165) is 24.5 Å². The highest BCUT2D eigenvalue weighted by Gasteiger charge is 2.17. The van der Waals surface area contributed by atoms with E-state index in [9.17, 15) is 4.79 Å². The first-order valence-electron chi connectivity index (χ1n) is 8.21. The van der Waals surface area contributed by atoms with Crippen molar-refractivity contribution in [2.45, 2.75) is 19.4 Å². The van der Waals surface area contributed by atoms with Crippen molar-refractivity contribution < 1.29 is 4.79 Å². The van der Waals surface area contributed by atoms with Crippen LogP contribution in [0.2, 0.25) is 0 Å². The number of carbonyl (C=O) groups excluding carboxylic acids is 1. The molecular formula is C18H19N5O. The number of imidazole rings is 1. The Hall–Kier alpha value is -2.89. The van der Waals surface area contributed by atoms with Gasteiger partial charge in [0.2, 0.25) is 0 Å². The van der Waals surface area contributed by atoms with E-state index in [-0.39, 0.29) is 5.91 Å². The highest BCUT2D eigenvalue weighted by molar-refractivity contribution is 5.99. The Balaban J connectivity index is 1.53. The lowest BCUT2D eigenvalue weighted by atomic mass is 10.2. The van der Waals surface area contributed by atoms with Gasteiger partial charge in [0, 0.05) is 50.0 Å². The molecule has 0 spiro atoms. The van der Waals surface area contributed by atoms with Crippen LogP contribution in [-0.2, 0) is 6.54 Å². The van der Waals surface area contributed by atoms with Gasteiger partial charge in [-0.3, -0.25) is 4.79 Å². The largest absolute Gasteiger partial charge is 0.356 e. The van der Waals surface area contributed by atoms with Crippen LogP contribution in [0.15, 0.2) is 49.1 Å². The van der Waals surface area contributed by atoms with Gasteiger partial charge in [0.1, 0.15) is 11.5 Å². The van der Waals surface area contributed by atoms with E-state index >= 15 is 0 Å². The monoisotopic (exact) mass is 321 g/mol. The predicted octanol–water partition coefficient (Wildman–Crippen LogP) is 2.26. The number of hydrogen-bond acceptors (Lipinski definition) is 4. The molecule has 3 aromatic heterocycles. The van der Waals surface area contributed by atoms with E-state index in [1.165, 1.54) is 12.8 Å². The first-order valence-corrected chi connectivity index (χ1v) is 8.21. The van der Waals surface area contributed by atoms with Gasteiger partial charge in [-0.15, -0.1) is 0 Å². The predicted molar refractivity (Wildman–Crippen MR) is 92.0 cm³/mol. The molecule has 0 saturated carbocycles. The third-order valence-electron chi connectivity index (χ3n) is 4.38. The summed E-state index contributed by atoms with van der Waals surface area (Å²) in [6, 6.07) is 7.58. The fourth-order valence-corrected chi connectivity index (χ4v) is 3.18. The van der Waals surface area contributed by atoms with E-state index in [0.29, 0.717) is 17.8 Å². The minimum Gasteiger partial charge on any atom is -0.356 e. The van der Waals surface area contributed by atoms with Crippen molar-refractivity contribution >= 4 is 17.4 Å². The number of rotatable bonds is 4. The SMILES string of the molecule is O=C(NCc1cccnc1N1CCCC1)c1cccn2ccnc12. The van der Waals surface area contributed by atoms with E-state index in [1.54, 1.807) is 12.3 Å². The maximum Gasteiger partial charge on any atom is 0.255 e. The number of anilines is 1. The van der Waals surface area contributed by atoms with Crippen LogP contribution in [0.1, 0.15) is 28.8 Å². The summed E-state index contributed by atoms with van der Waals surface area (Å²) in [4.78, 5) is 23.6. The molecule has 6 heteroatoms. The molecule has 4 rings (SSSR count). The number of pyridine rings is 2. The number of nitrogens with one attached hydrogen (secondary N) is 1. The molecule has 6 nitrogen and oxygen atoms in total. The minimum atomic E-state index is -0.122. The second kappa shape index (κ2) is 6.31. The summed E-state index contributed by atoms with van der Waals surface area (Å²) in [6.07, 6.45) is 9.61. The van der Waals surface area contributed by atoms with Gasteiger partial charge in [-0.25, -0.2) is 9.97 Å². The van der Waals surface area contributed by atoms with Gasteiger partial charge in [-0.1, -0.05) is 6.07 Å². The van der Waals surface area contributed by atoms with E-state index in [4.69, 9.17) is 0 Å². The lowest BCUT2D eigenvalue weighted by Gasteiger charge is -2.20. The van der Waals surface area contributed by atoms with Crippen LogP contribution in [0.3, 0.4) is 0 Å². The molecule has 0 atom stereocenters. The molecule has 0 aromatic carbocycles. The Kier molecular flexibility index (Phi) is 3.86. The van der Waals surface area contributed by atoms with E-state index in [1.807, 2.05) is 41.2 Å². The van der Waals surface area contributed by atoms with Gasteiger partial charge in [0.15, 0.2) is 0 Å². The van der Waals surface area contributed by atoms with Crippen molar-refractivity contribution in [1.82, 2.24) is 19.7 Å². The lowest BCUT2D eigenvalue weighted by Crippen LogP contribution is -2.26. The summed E-state index contributed by atoms with van der Waals surface area (Å²) in [6.45, 7) is 2.52. The molecule has 0 aliphatic carbocycles. The van der Waals surface area contributed by atoms with Crippen molar-refractivity contribution in [3.05, 3.63) is 60.2 Å². The fraction of sp³-hybridized carbons (Fsp3) is 0.278. The van der Waals surface area contributed by atoms with Crippen molar-refractivity contribution in [3.63, 3.8) is 0 Å². The number of fused-ring (bicyclic) bond motifs is 1. The molecule has 1 aliphatic heterocycles. The van der Waals surface area contributed by atoms with Crippen molar-refractivity contribution in [2.24, 2.45) is 0 Å². The summed E-state index contributed by atoms with van der Waals surface area (Å²) in [5.41, 5.74) is 2.29. The highest BCUT2D eigenvalue weighted by Crippen LogP contribution is 2.21. The zero-order valence-corrected chi connectivity index (χ0v) is 13.4. The Morgan fingerprint density at radius 1 is 1.08 bits per heavy atom. The fourth-order valence-electron chi connectivity index (χ4n) is 3.18. The molecule has 0 bridgehead atoms. The Labute approximate surface area is 140 Å². The topological polar surface area (TPSA) is 62.5 Å². The molecule has 4 heterocycles. The normalized spacial score (nSPS) is 14.2. The van der Waals surface area contributed by atoms with Crippen LogP contribution in [0.4, 0.5) is 5.82 Å². The second-order valence-corrected chi connectivity index (χ2v) is 5.94. The molecule has 1 N–H and O–H groups in total. The van der Waals surface area contributed by atoms with Gasteiger partial charge in [-0.05, 0) is 31.0 Å². The Bertz CT molecular complexity index is 866. The Morgan fingerprint density at radius 3 is 2.83 bits per heavy atom. The van der Waals surface area contributed by atoms with Gasteiger partial charge in [0.05, 0.1) is 5.56 Å². The maximum absolute atomic E-state index is 12.6. The summed E-state index contributed by atoms with van der Waals surface area (Å²) in [7, 11) is 0. The third kappa shape index (κ3) is 2.71. The van der Waals surface area contributed by atoms with Gasteiger partial charge in [0.25, 0.3) is 5.91 Å².